The van der Waals surface area contributed by atoms with Gasteiger partial charge in [-0.1, -0.05) is 0 Å². The summed E-state index contributed by atoms with van der Waals surface area (Å²) < 4.78 is 0. The minimum absolute atomic E-state index is 0.00165. The quantitative estimate of drug-likeness (QED) is 0.593. The molecule has 0 saturated carbocycles. The predicted octanol–water partition coefficient (Wildman–Crippen LogP) is 0.978. The number of Topliss-reactive ketones (excluding diaryl/α,β-unsaturated/α-hetero) is 1. The van der Waals surface area contributed by atoms with Crippen LogP contribution in [0.2, 0.25) is 0 Å². The molecule has 1 aliphatic carbocycles. The number of aliphatic hydroxyl groups is 1. The molecule has 1 aromatic carbocycles. The summed E-state index contributed by atoms with van der Waals surface area (Å²) in [5.41, 5.74) is -0.377. The minimum Gasteiger partial charge on any atom is -0.508 e. The minimum atomic E-state index is -1.09. The first-order valence-corrected chi connectivity index (χ1v) is 4.69. The molecule has 2 rings (SSSR count). The number of rotatable bonds is 0. The number of carbonyl (C=O) groups is 1. The summed E-state index contributed by atoms with van der Waals surface area (Å²) in [6, 6.07) is 2.54. The Hall–Kier alpha value is -1.55. The molecule has 0 saturated heterocycles. The molecule has 0 heterocycles. The van der Waals surface area contributed by atoms with Gasteiger partial charge in [0.05, 0.1) is 11.2 Å². The topological polar surface area (TPSA) is 77.8 Å². The summed E-state index contributed by atoms with van der Waals surface area (Å²) in [6.45, 7) is 1.56. The number of hydrogen-bond donors (Lipinski definition) is 3. The van der Waals surface area contributed by atoms with Crippen LogP contribution in [0.15, 0.2) is 12.1 Å². The van der Waals surface area contributed by atoms with Crippen LogP contribution in [0.1, 0.15) is 29.3 Å². The first kappa shape index (κ1) is 9.98. The molecule has 0 aromatic heterocycles. The molecule has 0 bridgehead atoms. The predicted molar refractivity (Wildman–Crippen MR) is 53.0 cm³/mol. The second kappa shape index (κ2) is 2.97. The van der Waals surface area contributed by atoms with E-state index in [1.807, 2.05) is 0 Å². The smallest absolute Gasteiger partial charge is 0.169 e. The molecule has 4 nitrogen and oxygen atoms in total. The Morgan fingerprint density at radius 1 is 1.27 bits per heavy atom. The van der Waals surface area contributed by atoms with E-state index in [1.54, 1.807) is 6.92 Å². The van der Waals surface area contributed by atoms with Crippen LogP contribution >= 0.6 is 0 Å². The number of aromatic hydroxyl groups is 2. The standard InChI is InChI=1S/C11H12O4/c1-11(15)4-6-2-7(12)3-8(13)10(6)9(14)5-11/h2-3,12-13,15H,4-5H2,1H3. The highest BCUT2D eigenvalue weighted by Gasteiger charge is 2.34. The highest BCUT2D eigenvalue weighted by Crippen LogP contribution is 2.36. The van der Waals surface area contributed by atoms with Crippen LogP contribution in [0.4, 0.5) is 0 Å². The van der Waals surface area contributed by atoms with E-state index in [9.17, 15) is 20.1 Å². The van der Waals surface area contributed by atoms with Gasteiger partial charge < -0.3 is 15.3 Å². The largest absolute Gasteiger partial charge is 0.508 e. The Kier molecular flexibility index (Phi) is 1.98. The zero-order valence-corrected chi connectivity index (χ0v) is 8.32. The molecule has 1 aliphatic rings. The number of hydrogen-bond acceptors (Lipinski definition) is 4. The van der Waals surface area contributed by atoms with Crippen LogP contribution in [-0.2, 0) is 6.42 Å². The van der Waals surface area contributed by atoms with E-state index in [-0.39, 0.29) is 35.7 Å². The fraction of sp³-hybridized carbons (Fsp3) is 0.364. The van der Waals surface area contributed by atoms with Gasteiger partial charge in [-0.15, -0.1) is 0 Å². The lowest BCUT2D eigenvalue weighted by molar-refractivity contribution is 0.0408. The van der Waals surface area contributed by atoms with Crippen LogP contribution in [0, 0.1) is 0 Å². The molecular formula is C11H12O4. The number of ketones is 1. The molecule has 0 fully saturated rings. The monoisotopic (exact) mass is 208 g/mol. The summed E-state index contributed by atoms with van der Waals surface area (Å²) in [4.78, 5) is 11.6. The van der Waals surface area contributed by atoms with Gasteiger partial charge in [0.2, 0.25) is 0 Å². The van der Waals surface area contributed by atoms with E-state index in [0.717, 1.165) is 6.07 Å². The highest BCUT2D eigenvalue weighted by atomic mass is 16.3. The number of benzene rings is 1. The Morgan fingerprint density at radius 3 is 2.60 bits per heavy atom. The van der Waals surface area contributed by atoms with Gasteiger partial charge in [0.25, 0.3) is 0 Å². The van der Waals surface area contributed by atoms with Gasteiger partial charge in [0.1, 0.15) is 11.5 Å². The normalized spacial score (nSPS) is 25.1. The lowest BCUT2D eigenvalue weighted by Crippen LogP contribution is -2.35. The zero-order valence-electron chi connectivity index (χ0n) is 8.32. The van der Waals surface area contributed by atoms with Crippen LogP contribution in [-0.4, -0.2) is 26.7 Å². The molecule has 0 amide bonds. The van der Waals surface area contributed by atoms with E-state index in [1.165, 1.54) is 6.07 Å². The fourth-order valence-corrected chi connectivity index (χ4v) is 2.04. The van der Waals surface area contributed by atoms with Crippen molar-refractivity contribution in [1.82, 2.24) is 0 Å². The number of carbonyl (C=O) groups excluding carboxylic acids is 1. The maximum absolute atomic E-state index is 11.6. The maximum atomic E-state index is 11.6. The molecule has 0 aliphatic heterocycles. The first-order valence-electron chi connectivity index (χ1n) is 4.69. The van der Waals surface area contributed by atoms with E-state index >= 15 is 0 Å². The molecule has 4 heteroatoms. The average molecular weight is 208 g/mol. The Bertz CT molecular complexity index is 434. The van der Waals surface area contributed by atoms with Crippen molar-refractivity contribution in [2.75, 3.05) is 0 Å². The summed E-state index contributed by atoms with van der Waals surface area (Å²) in [5.74, 6) is -0.610. The second-order valence-electron chi connectivity index (χ2n) is 4.27. The first-order chi connectivity index (χ1) is 6.89. The number of phenolic OH excluding ortho intramolecular Hbond substituents is 2. The summed E-state index contributed by atoms with van der Waals surface area (Å²) in [5, 5.41) is 28.6. The summed E-state index contributed by atoms with van der Waals surface area (Å²) >= 11 is 0. The highest BCUT2D eigenvalue weighted by molar-refractivity contribution is 6.02. The SMILES string of the molecule is CC1(O)CC(=O)c2c(O)cc(O)cc2C1. The second-order valence-corrected chi connectivity index (χ2v) is 4.27. The lowest BCUT2D eigenvalue weighted by Gasteiger charge is -2.29. The van der Waals surface area contributed by atoms with Crippen molar-refractivity contribution < 1.29 is 20.1 Å². The van der Waals surface area contributed by atoms with Crippen LogP contribution in [0.25, 0.3) is 0 Å². The van der Waals surface area contributed by atoms with Gasteiger partial charge in [0, 0.05) is 18.9 Å². The number of phenols is 2. The van der Waals surface area contributed by atoms with Crippen molar-refractivity contribution in [2.45, 2.75) is 25.4 Å². The van der Waals surface area contributed by atoms with Crippen LogP contribution < -0.4 is 0 Å². The molecule has 15 heavy (non-hydrogen) atoms. The van der Waals surface area contributed by atoms with E-state index in [0.29, 0.717) is 5.56 Å². The molecule has 80 valence electrons. The van der Waals surface area contributed by atoms with Crippen molar-refractivity contribution in [1.29, 1.82) is 0 Å². The van der Waals surface area contributed by atoms with Crippen LogP contribution in [0.3, 0.4) is 0 Å². The molecular weight excluding hydrogens is 196 g/mol. The molecule has 3 N–H and O–H groups in total. The van der Waals surface area contributed by atoms with Gasteiger partial charge in [-0.3, -0.25) is 4.79 Å². The fourth-order valence-electron chi connectivity index (χ4n) is 2.04. The Labute approximate surface area is 86.8 Å². The maximum Gasteiger partial charge on any atom is 0.169 e. The molecule has 0 spiro atoms. The van der Waals surface area contributed by atoms with Gasteiger partial charge >= 0.3 is 0 Å². The van der Waals surface area contributed by atoms with Crippen molar-refractivity contribution in [2.24, 2.45) is 0 Å². The third-order valence-corrected chi connectivity index (χ3v) is 2.58. The van der Waals surface area contributed by atoms with Gasteiger partial charge in [-0.25, -0.2) is 0 Å². The van der Waals surface area contributed by atoms with E-state index in [2.05, 4.69) is 0 Å². The average Bonchev–Trinajstić information content (AvgIpc) is 1.97. The van der Waals surface area contributed by atoms with Gasteiger partial charge in [0.15, 0.2) is 5.78 Å². The summed E-state index contributed by atoms with van der Waals surface area (Å²) in [6.07, 6.45) is 0.258. The van der Waals surface area contributed by atoms with Gasteiger partial charge in [-0.2, -0.15) is 0 Å². The van der Waals surface area contributed by atoms with Crippen molar-refractivity contribution in [3.05, 3.63) is 23.3 Å². The molecule has 0 radical (unpaired) electrons. The van der Waals surface area contributed by atoms with Crippen molar-refractivity contribution in [3.63, 3.8) is 0 Å². The lowest BCUT2D eigenvalue weighted by atomic mass is 9.80. The summed E-state index contributed by atoms with van der Waals surface area (Å²) in [7, 11) is 0. The van der Waals surface area contributed by atoms with Crippen molar-refractivity contribution in [3.8, 4) is 11.5 Å². The van der Waals surface area contributed by atoms with E-state index in [4.69, 9.17) is 0 Å². The van der Waals surface area contributed by atoms with E-state index < -0.39 is 5.60 Å². The molecule has 1 atom stereocenters. The molecule has 1 aromatic rings. The third-order valence-electron chi connectivity index (χ3n) is 2.58. The zero-order chi connectivity index (χ0) is 11.2. The Morgan fingerprint density at radius 2 is 1.93 bits per heavy atom. The molecule has 1 unspecified atom stereocenters. The Balaban J connectivity index is 2.60. The number of fused-ring (bicyclic) bond motifs is 1. The van der Waals surface area contributed by atoms with Crippen LogP contribution in [0.5, 0.6) is 11.5 Å². The third kappa shape index (κ3) is 1.68. The van der Waals surface area contributed by atoms with Crippen molar-refractivity contribution >= 4 is 5.78 Å². The van der Waals surface area contributed by atoms with Gasteiger partial charge in [-0.05, 0) is 18.6 Å².